The molecule has 0 heterocycles. The van der Waals surface area contributed by atoms with Gasteiger partial charge in [0.05, 0.1) is 0 Å². The van der Waals surface area contributed by atoms with Gasteiger partial charge >= 0.3 is 0 Å². The molecule has 0 radical (unpaired) electrons. The van der Waals surface area contributed by atoms with Gasteiger partial charge in [0.15, 0.2) is 0 Å². The average molecular weight is 206 g/mol. The van der Waals surface area contributed by atoms with Gasteiger partial charge in [0, 0.05) is 0 Å². The Bertz CT molecular complexity index is 188. The zero-order valence-corrected chi connectivity index (χ0v) is 10.3. The van der Waals surface area contributed by atoms with Gasteiger partial charge in [0.2, 0.25) is 0 Å². The molecule has 1 atom stereocenters. The van der Waals surface area contributed by atoms with Gasteiger partial charge < -0.3 is 0 Å². The third kappa shape index (κ3) is 6.54. The molecule has 0 aromatic carbocycles. The lowest BCUT2D eigenvalue weighted by molar-refractivity contribution is 0.580. The van der Waals surface area contributed by atoms with Crippen molar-refractivity contribution in [2.75, 3.05) is 0 Å². The predicted molar refractivity (Wildman–Crippen MR) is 69.0 cm³/mol. The van der Waals surface area contributed by atoms with Crippen LogP contribution in [0.25, 0.3) is 0 Å². The topological polar surface area (TPSA) is 0 Å². The molecule has 0 nitrogen and oxygen atoms in total. The highest BCUT2D eigenvalue weighted by atomic mass is 14.1. The second-order valence-corrected chi connectivity index (χ2v) is 4.68. The van der Waals surface area contributed by atoms with Crippen LogP contribution in [0, 0.1) is 5.92 Å². The first-order chi connectivity index (χ1) is 7.43. The van der Waals surface area contributed by atoms with E-state index in [2.05, 4.69) is 31.2 Å². The molecular formula is C15H26. The summed E-state index contributed by atoms with van der Waals surface area (Å²) in [4.78, 5) is 0. The minimum absolute atomic E-state index is 0.797. The van der Waals surface area contributed by atoms with E-state index in [1.54, 1.807) is 0 Å². The van der Waals surface area contributed by atoms with Crippen LogP contribution in [0.15, 0.2) is 24.3 Å². The number of rotatable bonds is 2. The van der Waals surface area contributed by atoms with E-state index in [0.717, 1.165) is 5.92 Å². The van der Waals surface area contributed by atoms with Crippen LogP contribution in [0.3, 0.4) is 0 Å². The van der Waals surface area contributed by atoms with E-state index >= 15 is 0 Å². The van der Waals surface area contributed by atoms with E-state index in [4.69, 9.17) is 0 Å². The Morgan fingerprint density at radius 1 is 0.933 bits per heavy atom. The second-order valence-electron chi connectivity index (χ2n) is 4.68. The normalized spacial score (nSPS) is 24.5. The third-order valence-corrected chi connectivity index (χ3v) is 3.16. The Morgan fingerprint density at radius 2 is 1.67 bits per heavy atom. The number of hydrogen-bond acceptors (Lipinski definition) is 0. The Balaban J connectivity index is 2.39. The molecule has 86 valence electrons. The van der Waals surface area contributed by atoms with Crippen molar-refractivity contribution in [3.63, 3.8) is 0 Å². The maximum absolute atomic E-state index is 2.45. The SMILES string of the molecule is CCCC1C=CCCCCCCC=CC1. The van der Waals surface area contributed by atoms with Crippen LogP contribution in [-0.2, 0) is 0 Å². The zero-order chi connectivity index (χ0) is 10.8. The van der Waals surface area contributed by atoms with Crippen molar-refractivity contribution in [1.82, 2.24) is 0 Å². The van der Waals surface area contributed by atoms with Gasteiger partial charge in [0.25, 0.3) is 0 Å². The lowest BCUT2D eigenvalue weighted by Crippen LogP contribution is -1.94. The van der Waals surface area contributed by atoms with E-state index in [0.29, 0.717) is 0 Å². The molecule has 0 amide bonds. The molecule has 0 N–H and O–H groups in total. The van der Waals surface area contributed by atoms with Crippen LogP contribution in [0.1, 0.15) is 64.7 Å². The lowest BCUT2D eigenvalue weighted by Gasteiger charge is -2.09. The largest absolute Gasteiger partial charge is 0.0885 e. The first-order valence-corrected chi connectivity index (χ1v) is 6.75. The fourth-order valence-corrected chi connectivity index (χ4v) is 2.22. The van der Waals surface area contributed by atoms with Crippen molar-refractivity contribution in [1.29, 1.82) is 0 Å². The quantitative estimate of drug-likeness (QED) is 0.541. The van der Waals surface area contributed by atoms with E-state index in [1.165, 1.54) is 57.8 Å². The van der Waals surface area contributed by atoms with E-state index in [1.807, 2.05) is 0 Å². The smallest absolute Gasteiger partial charge is 0.0199 e. The Morgan fingerprint density at radius 3 is 2.40 bits per heavy atom. The van der Waals surface area contributed by atoms with Gasteiger partial charge in [-0.3, -0.25) is 0 Å². The monoisotopic (exact) mass is 206 g/mol. The van der Waals surface area contributed by atoms with Crippen LogP contribution in [-0.4, -0.2) is 0 Å². The summed E-state index contributed by atoms with van der Waals surface area (Å²) in [5.41, 5.74) is 0. The van der Waals surface area contributed by atoms with Gasteiger partial charge in [-0.1, -0.05) is 50.5 Å². The molecule has 0 aromatic rings. The molecule has 1 aliphatic carbocycles. The van der Waals surface area contributed by atoms with Crippen molar-refractivity contribution in [2.45, 2.75) is 64.7 Å². The van der Waals surface area contributed by atoms with Crippen molar-refractivity contribution in [3.05, 3.63) is 24.3 Å². The molecule has 0 aromatic heterocycles. The van der Waals surface area contributed by atoms with Crippen molar-refractivity contribution in [2.24, 2.45) is 5.92 Å². The predicted octanol–water partition coefficient (Wildman–Crippen LogP) is 5.26. The molecular weight excluding hydrogens is 180 g/mol. The van der Waals surface area contributed by atoms with Gasteiger partial charge in [0.1, 0.15) is 0 Å². The summed E-state index contributed by atoms with van der Waals surface area (Å²) in [7, 11) is 0. The van der Waals surface area contributed by atoms with Gasteiger partial charge in [-0.15, -0.1) is 0 Å². The summed E-state index contributed by atoms with van der Waals surface area (Å²) in [5.74, 6) is 0.797. The molecule has 15 heavy (non-hydrogen) atoms. The fraction of sp³-hybridized carbons (Fsp3) is 0.733. The average Bonchev–Trinajstić information content (AvgIpc) is 2.22. The Labute approximate surface area is 95.5 Å². The van der Waals surface area contributed by atoms with Crippen molar-refractivity contribution < 1.29 is 0 Å². The van der Waals surface area contributed by atoms with Crippen molar-refractivity contribution in [3.8, 4) is 0 Å². The molecule has 0 saturated heterocycles. The Hall–Kier alpha value is -0.520. The van der Waals surface area contributed by atoms with Crippen LogP contribution in [0.2, 0.25) is 0 Å². The summed E-state index contributed by atoms with van der Waals surface area (Å²) in [5, 5.41) is 0. The van der Waals surface area contributed by atoms with E-state index in [-0.39, 0.29) is 0 Å². The van der Waals surface area contributed by atoms with E-state index in [9.17, 15) is 0 Å². The molecule has 0 bridgehead atoms. The van der Waals surface area contributed by atoms with Gasteiger partial charge in [-0.05, 0) is 44.4 Å². The molecule has 1 aliphatic rings. The molecule has 0 aliphatic heterocycles. The number of hydrogen-bond donors (Lipinski definition) is 0. The second kappa shape index (κ2) is 8.76. The molecule has 1 rings (SSSR count). The van der Waals surface area contributed by atoms with Crippen LogP contribution in [0.4, 0.5) is 0 Å². The zero-order valence-electron chi connectivity index (χ0n) is 10.3. The third-order valence-electron chi connectivity index (χ3n) is 3.16. The lowest BCUT2D eigenvalue weighted by atomic mass is 9.97. The summed E-state index contributed by atoms with van der Waals surface area (Å²) >= 11 is 0. The molecule has 0 heteroatoms. The molecule has 0 saturated carbocycles. The highest BCUT2D eigenvalue weighted by Crippen LogP contribution is 2.16. The maximum atomic E-state index is 2.45. The number of allylic oxidation sites excluding steroid dienone is 4. The first-order valence-electron chi connectivity index (χ1n) is 6.75. The minimum atomic E-state index is 0.797. The fourth-order valence-electron chi connectivity index (χ4n) is 2.22. The first kappa shape index (κ1) is 12.5. The maximum Gasteiger partial charge on any atom is -0.0199 e. The van der Waals surface area contributed by atoms with Gasteiger partial charge in [-0.25, -0.2) is 0 Å². The standard InChI is InChI=1S/C15H26/c1-2-12-15-13-10-8-6-4-3-5-7-9-11-14-15/h8,10-11,14-15H,2-7,9,12-13H2,1H3. The molecule has 1 unspecified atom stereocenters. The summed E-state index contributed by atoms with van der Waals surface area (Å²) in [6.45, 7) is 2.29. The van der Waals surface area contributed by atoms with Gasteiger partial charge in [-0.2, -0.15) is 0 Å². The van der Waals surface area contributed by atoms with Crippen LogP contribution >= 0.6 is 0 Å². The summed E-state index contributed by atoms with van der Waals surface area (Å²) in [6.07, 6.45) is 21.8. The van der Waals surface area contributed by atoms with Crippen LogP contribution in [0.5, 0.6) is 0 Å². The highest BCUT2D eigenvalue weighted by molar-refractivity contribution is 4.94. The van der Waals surface area contributed by atoms with E-state index < -0.39 is 0 Å². The Kier molecular flexibility index (Phi) is 7.33. The molecule has 0 spiro atoms. The molecule has 0 fully saturated rings. The summed E-state index contributed by atoms with van der Waals surface area (Å²) in [6, 6.07) is 0. The van der Waals surface area contributed by atoms with Crippen LogP contribution < -0.4 is 0 Å². The van der Waals surface area contributed by atoms with Crippen molar-refractivity contribution >= 4 is 0 Å². The minimum Gasteiger partial charge on any atom is -0.0885 e. The highest BCUT2D eigenvalue weighted by Gasteiger charge is 2.00. The summed E-state index contributed by atoms with van der Waals surface area (Å²) < 4.78 is 0.